The van der Waals surface area contributed by atoms with Gasteiger partial charge in [-0.25, -0.2) is 0 Å². The van der Waals surface area contributed by atoms with Crippen molar-refractivity contribution in [3.63, 3.8) is 0 Å². The van der Waals surface area contributed by atoms with Crippen molar-refractivity contribution in [1.29, 1.82) is 0 Å². The highest BCUT2D eigenvalue weighted by atomic mass is 16.5. The van der Waals surface area contributed by atoms with E-state index in [0.717, 1.165) is 30.1 Å². The number of β-amino-alcohol motifs (C(OH)–C–C–N with tert-alkyl or cyclic N) is 2. The van der Waals surface area contributed by atoms with Gasteiger partial charge in [-0.15, -0.1) is 0 Å². The third-order valence-electron chi connectivity index (χ3n) is 7.77. The van der Waals surface area contributed by atoms with E-state index in [1.54, 1.807) is 12.0 Å². The van der Waals surface area contributed by atoms with Gasteiger partial charge in [0.15, 0.2) is 0 Å². The van der Waals surface area contributed by atoms with Crippen LogP contribution < -0.4 is 14.4 Å². The molecule has 2 heterocycles. The maximum absolute atomic E-state index is 12.3. The Kier molecular flexibility index (Phi) is 8.31. The third kappa shape index (κ3) is 6.94. The van der Waals surface area contributed by atoms with Gasteiger partial charge in [-0.1, -0.05) is 6.07 Å². The first-order valence-electron chi connectivity index (χ1n) is 13.1. The van der Waals surface area contributed by atoms with Gasteiger partial charge in [-0.2, -0.15) is 0 Å². The molecular weight excluding hydrogens is 470 g/mol. The Morgan fingerprint density at radius 2 is 1.57 bits per heavy atom. The van der Waals surface area contributed by atoms with E-state index in [1.165, 1.54) is 12.5 Å². The first kappa shape index (κ1) is 27.2. The van der Waals surface area contributed by atoms with Crippen molar-refractivity contribution in [3.8, 4) is 11.5 Å². The molecule has 1 amide bonds. The van der Waals surface area contributed by atoms with Crippen LogP contribution in [0, 0.1) is 13.8 Å². The van der Waals surface area contributed by atoms with Gasteiger partial charge >= 0.3 is 0 Å². The van der Waals surface area contributed by atoms with Crippen LogP contribution >= 0.6 is 0 Å². The zero-order valence-corrected chi connectivity index (χ0v) is 22.6. The zero-order chi connectivity index (χ0) is 26.6. The molecule has 2 N–H and O–H groups in total. The van der Waals surface area contributed by atoms with Crippen LogP contribution in [0.1, 0.15) is 30.9 Å². The van der Waals surface area contributed by atoms with E-state index in [0.29, 0.717) is 44.8 Å². The van der Waals surface area contributed by atoms with Crippen molar-refractivity contribution in [2.24, 2.45) is 0 Å². The second-order valence-corrected chi connectivity index (χ2v) is 10.8. The summed E-state index contributed by atoms with van der Waals surface area (Å²) < 4.78 is 11.3. The lowest BCUT2D eigenvalue weighted by Crippen LogP contribution is -2.55. The van der Waals surface area contributed by atoms with E-state index in [1.807, 2.05) is 56.3 Å². The highest BCUT2D eigenvalue weighted by Crippen LogP contribution is 2.29. The summed E-state index contributed by atoms with van der Waals surface area (Å²) in [5.41, 5.74) is 1.32. The summed E-state index contributed by atoms with van der Waals surface area (Å²) in [7, 11) is 1.66. The number of aryl methyl sites for hydroxylation is 2. The first-order chi connectivity index (χ1) is 17.6. The topological polar surface area (TPSA) is 85.7 Å². The van der Waals surface area contributed by atoms with Crippen LogP contribution in [0.2, 0.25) is 0 Å². The predicted octanol–water partition coefficient (Wildman–Crippen LogP) is 2.62. The lowest BCUT2D eigenvalue weighted by atomic mass is 9.90. The molecule has 2 saturated heterocycles. The van der Waals surface area contributed by atoms with Gasteiger partial charge in [-0.3, -0.25) is 9.69 Å². The van der Waals surface area contributed by atoms with Gasteiger partial charge < -0.3 is 29.5 Å². The van der Waals surface area contributed by atoms with Crippen molar-refractivity contribution >= 4 is 11.6 Å². The van der Waals surface area contributed by atoms with Crippen LogP contribution in [0.25, 0.3) is 0 Å². The number of carbonyl (C=O) groups excluding carboxylic acids is 1. The molecule has 2 fully saturated rings. The Labute approximate surface area is 220 Å². The van der Waals surface area contributed by atoms with Crippen LogP contribution in [-0.4, -0.2) is 96.7 Å². The number of hydrogen-bond donors (Lipinski definition) is 2. The average molecular weight is 512 g/mol. The van der Waals surface area contributed by atoms with Crippen molar-refractivity contribution in [2.45, 2.75) is 44.8 Å². The monoisotopic (exact) mass is 511 g/mol. The van der Waals surface area contributed by atoms with Crippen molar-refractivity contribution < 1.29 is 24.5 Å². The lowest BCUT2D eigenvalue weighted by Gasteiger charge is -2.42. The van der Waals surface area contributed by atoms with Crippen LogP contribution in [0.3, 0.4) is 0 Å². The van der Waals surface area contributed by atoms with Gasteiger partial charge in [0.25, 0.3) is 0 Å². The summed E-state index contributed by atoms with van der Waals surface area (Å²) in [6.45, 7) is 9.25. The molecule has 8 heteroatoms. The number of nitrogens with zero attached hydrogens (tertiary/aromatic N) is 3. The molecule has 202 valence electrons. The number of anilines is 1. The number of hydrogen-bond acceptors (Lipinski definition) is 7. The Balaban J connectivity index is 1.40. The van der Waals surface area contributed by atoms with Crippen LogP contribution in [0.15, 0.2) is 42.5 Å². The van der Waals surface area contributed by atoms with Gasteiger partial charge in [0.1, 0.15) is 23.7 Å². The number of ether oxygens (including phenoxy) is 2. The van der Waals surface area contributed by atoms with E-state index in [2.05, 4.69) is 9.80 Å². The summed E-state index contributed by atoms with van der Waals surface area (Å²) >= 11 is 0. The van der Waals surface area contributed by atoms with Crippen molar-refractivity contribution in [2.75, 3.05) is 64.4 Å². The molecule has 37 heavy (non-hydrogen) atoms. The quantitative estimate of drug-likeness (QED) is 0.591. The number of piperidine rings is 1. The van der Waals surface area contributed by atoms with Gasteiger partial charge in [0, 0.05) is 51.9 Å². The molecule has 2 aromatic carbocycles. The number of rotatable bonds is 7. The standard InChI is InChI=1S/C29H41N3O5/c1-22-5-8-27(17-23(22)2)37-21-29(35)19-30(15-16-32(20-29)24(3)33)18-28(34)11-13-31(14-12-28)25-6-9-26(36-4)10-7-25/h5-10,17,34-35H,11-16,18-21H2,1-4H3/t29-/m0/s1. The Morgan fingerprint density at radius 3 is 2.19 bits per heavy atom. The predicted molar refractivity (Wildman–Crippen MR) is 144 cm³/mol. The molecule has 0 spiro atoms. The molecule has 0 unspecified atom stereocenters. The van der Waals surface area contributed by atoms with E-state index in [-0.39, 0.29) is 19.1 Å². The molecule has 4 rings (SSSR count). The number of benzene rings is 2. The molecule has 0 bridgehead atoms. The third-order valence-corrected chi connectivity index (χ3v) is 7.77. The second-order valence-electron chi connectivity index (χ2n) is 10.8. The molecule has 0 aliphatic carbocycles. The number of methoxy groups -OCH3 is 1. The van der Waals surface area contributed by atoms with E-state index < -0.39 is 11.2 Å². The van der Waals surface area contributed by atoms with Crippen LogP contribution in [0.4, 0.5) is 5.69 Å². The summed E-state index contributed by atoms with van der Waals surface area (Å²) in [4.78, 5) is 18.3. The maximum Gasteiger partial charge on any atom is 0.219 e. The Hall–Kier alpha value is -2.81. The molecule has 0 saturated carbocycles. The molecule has 8 nitrogen and oxygen atoms in total. The normalized spacial score (nSPS) is 22.4. The van der Waals surface area contributed by atoms with E-state index in [4.69, 9.17) is 9.47 Å². The largest absolute Gasteiger partial charge is 0.497 e. The van der Waals surface area contributed by atoms with Gasteiger partial charge in [-0.05, 0) is 74.2 Å². The fourth-order valence-electron chi connectivity index (χ4n) is 5.31. The SMILES string of the molecule is COc1ccc(N2CCC(O)(CN3CCN(C(C)=O)C[C@](O)(COc4ccc(C)c(C)c4)C3)CC2)cc1. The molecule has 2 aliphatic rings. The summed E-state index contributed by atoms with van der Waals surface area (Å²) in [5.74, 6) is 1.45. The smallest absolute Gasteiger partial charge is 0.219 e. The van der Waals surface area contributed by atoms with Crippen molar-refractivity contribution in [1.82, 2.24) is 9.80 Å². The minimum atomic E-state index is -1.25. The summed E-state index contributed by atoms with van der Waals surface area (Å²) in [6, 6.07) is 13.9. The highest BCUT2D eigenvalue weighted by Gasteiger charge is 2.41. The lowest BCUT2D eigenvalue weighted by molar-refractivity contribution is -0.132. The number of aliphatic hydroxyl groups is 2. The minimum absolute atomic E-state index is 0.0689. The van der Waals surface area contributed by atoms with Crippen LogP contribution in [-0.2, 0) is 4.79 Å². The minimum Gasteiger partial charge on any atom is -0.497 e. The maximum atomic E-state index is 12.3. The summed E-state index contributed by atoms with van der Waals surface area (Å²) in [6.07, 6.45) is 1.26. The van der Waals surface area contributed by atoms with E-state index in [9.17, 15) is 15.0 Å². The fourth-order valence-corrected chi connectivity index (χ4v) is 5.31. The summed E-state index contributed by atoms with van der Waals surface area (Å²) in [5, 5.41) is 23.1. The number of carbonyl (C=O) groups is 1. The average Bonchev–Trinajstić information content (AvgIpc) is 3.04. The van der Waals surface area contributed by atoms with Gasteiger partial charge in [0.05, 0.1) is 19.3 Å². The highest BCUT2D eigenvalue weighted by molar-refractivity contribution is 5.73. The molecular formula is C29H41N3O5. The fraction of sp³-hybridized carbons (Fsp3) is 0.552. The van der Waals surface area contributed by atoms with E-state index >= 15 is 0 Å². The molecule has 2 aromatic rings. The Bertz CT molecular complexity index is 1070. The van der Waals surface area contributed by atoms with Crippen LogP contribution in [0.5, 0.6) is 11.5 Å². The Morgan fingerprint density at radius 1 is 0.892 bits per heavy atom. The first-order valence-corrected chi connectivity index (χ1v) is 13.1. The zero-order valence-electron chi connectivity index (χ0n) is 22.6. The molecule has 0 radical (unpaired) electrons. The number of amides is 1. The second kappa shape index (κ2) is 11.3. The molecule has 2 aliphatic heterocycles. The van der Waals surface area contributed by atoms with Gasteiger partial charge in [0.2, 0.25) is 5.91 Å². The molecule has 0 aromatic heterocycles. The van der Waals surface area contributed by atoms with Crippen molar-refractivity contribution in [3.05, 3.63) is 53.6 Å². The molecule has 1 atom stereocenters.